The first-order valence-corrected chi connectivity index (χ1v) is 4.95. The molecule has 2 heteroatoms. The number of carboxylic acid groups (broad SMARTS) is 1. The van der Waals surface area contributed by atoms with Gasteiger partial charge in [0.2, 0.25) is 0 Å². The summed E-state index contributed by atoms with van der Waals surface area (Å²) in [5.74, 6) is -0.764. The Kier molecular flexibility index (Phi) is 2.44. The summed E-state index contributed by atoms with van der Waals surface area (Å²) in [6.45, 7) is 8.68. The van der Waals surface area contributed by atoms with Crippen LogP contribution in [0.4, 0.5) is 0 Å². The van der Waals surface area contributed by atoms with Crippen molar-refractivity contribution >= 4 is 5.97 Å². The first-order valence-electron chi connectivity index (χ1n) is 4.95. The smallest absolute Gasteiger partial charge is 0.306 e. The zero-order valence-corrected chi connectivity index (χ0v) is 9.05. The number of aliphatic carboxylic acids is 1. The summed E-state index contributed by atoms with van der Waals surface area (Å²) in [4.78, 5) is 10.9. The molecule has 0 unspecified atom stereocenters. The molecule has 13 heavy (non-hydrogen) atoms. The Morgan fingerprint density at radius 2 is 1.54 bits per heavy atom. The van der Waals surface area contributed by atoms with E-state index >= 15 is 0 Å². The van der Waals surface area contributed by atoms with Crippen LogP contribution in [-0.4, -0.2) is 11.1 Å². The quantitative estimate of drug-likeness (QED) is 0.680. The van der Waals surface area contributed by atoms with Crippen molar-refractivity contribution in [1.82, 2.24) is 0 Å². The summed E-state index contributed by atoms with van der Waals surface area (Å²) < 4.78 is 0. The SMILES string of the molecule is CC1(C)CC(C(=O)O)CC(C)(C)C1. The Balaban J connectivity index is 2.78. The monoisotopic (exact) mass is 184 g/mol. The van der Waals surface area contributed by atoms with Crippen molar-refractivity contribution in [3.05, 3.63) is 0 Å². The van der Waals surface area contributed by atoms with Gasteiger partial charge in [-0.1, -0.05) is 27.7 Å². The van der Waals surface area contributed by atoms with Crippen molar-refractivity contribution in [3.63, 3.8) is 0 Å². The minimum absolute atomic E-state index is 0.140. The van der Waals surface area contributed by atoms with Crippen LogP contribution >= 0.6 is 0 Å². The lowest BCUT2D eigenvalue weighted by Gasteiger charge is -2.43. The van der Waals surface area contributed by atoms with Gasteiger partial charge in [0.15, 0.2) is 0 Å². The Morgan fingerprint density at radius 3 is 1.85 bits per heavy atom. The van der Waals surface area contributed by atoms with Gasteiger partial charge in [-0.2, -0.15) is 0 Å². The summed E-state index contributed by atoms with van der Waals surface area (Å²) in [7, 11) is 0. The average Bonchev–Trinajstić information content (AvgIpc) is 1.79. The molecule has 0 aromatic rings. The molecule has 0 spiro atoms. The van der Waals surface area contributed by atoms with Gasteiger partial charge in [-0.3, -0.25) is 4.79 Å². The van der Waals surface area contributed by atoms with E-state index in [-0.39, 0.29) is 16.7 Å². The summed E-state index contributed by atoms with van der Waals surface area (Å²) in [6.07, 6.45) is 2.78. The maximum absolute atomic E-state index is 10.9. The minimum Gasteiger partial charge on any atom is -0.481 e. The number of rotatable bonds is 1. The van der Waals surface area contributed by atoms with E-state index in [1.54, 1.807) is 0 Å². The molecule has 1 fully saturated rings. The molecule has 0 aromatic carbocycles. The molecule has 0 saturated heterocycles. The highest BCUT2D eigenvalue weighted by Gasteiger charge is 2.40. The Bertz CT molecular complexity index is 200. The second kappa shape index (κ2) is 3.00. The molecule has 0 atom stereocenters. The molecule has 0 bridgehead atoms. The molecular formula is C11H20O2. The van der Waals surface area contributed by atoms with Gasteiger partial charge in [-0.05, 0) is 30.1 Å². The van der Waals surface area contributed by atoms with Crippen molar-refractivity contribution in [3.8, 4) is 0 Å². The first-order chi connectivity index (χ1) is 5.72. The van der Waals surface area contributed by atoms with Crippen molar-refractivity contribution in [2.75, 3.05) is 0 Å². The highest BCUT2D eigenvalue weighted by atomic mass is 16.4. The Morgan fingerprint density at radius 1 is 1.15 bits per heavy atom. The minimum atomic E-state index is -0.624. The van der Waals surface area contributed by atoms with Gasteiger partial charge >= 0.3 is 5.97 Å². The van der Waals surface area contributed by atoms with Gasteiger partial charge in [0.05, 0.1) is 5.92 Å². The molecule has 0 amide bonds. The fourth-order valence-electron chi connectivity index (χ4n) is 3.02. The van der Waals surface area contributed by atoms with E-state index in [0.717, 1.165) is 19.3 Å². The molecule has 1 aliphatic rings. The maximum Gasteiger partial charge on any atom is 0.306 e. The summed E-state index contributed by atoms with van der Waals surface area (Å²) in [5, 5.41) is 9.00. The second-order valence-electron chi connectivity index (χ2n) is 5.95. The van der Waals surface area contributed by atoms with E-state index < -0.39 is 5.97 Å². The maximum atomic E-state index is 10.9. The zero-order chi connectivity index (χ0) is 10.3. The molecule has 0 radical (unpaired) electrons. The Hall–Kier alpha value is -0.530. The third kappa shape index (κ3) is 2.71. The van der Waals surface area contributed by atoms with Crippen LogP contribution in [0, 0.1) is 16.7 Å². The normalized spacial score (nSPS) is 27.1. The summed E-state index contributed by atoms with van der Waals surface area (Å²) >= 11 is 0. The number of carbonyl (C=O) groups is 1. The summed E-state index contributed by atoms with van der Waals surface area (Å²) in [6, 6.07) is 0. The average molecular weight is 184 g/mol. The lowest BCUT2D eigenvalue weighted by atomic mass is 9.61. The highest BCUT2D eigenvalue weighted by Crippen LogP contribution is 2.48. The summed E-state index contributed by atoms with van der Waals surface area (Å²) in [5.41, 5.74) is 0.371. The van der Waals surface area contributed by atoms with Gasteiger partial charge in [-0.25, -0.2) is 0 Å². The van der Waals surface area contributed by atoms with Gasteiger partial charge in [0.1, 0.15) is 0 Å². The largest absolute Gasteiger partial charge is 0.481 e. The van der Waals surface area contributed by atoms with Gasteiger partial charge in [0.25, 0.3) is 0 Å². The van der Waals surface area contributed by atoms with Crippen LogP contribution in [0.5, 0.6) is 0 Å². The lowest BCUT2D eigenvalue weighted by Crippen LogP contribution is -2.36. The molecule has 76 valence electrons. The van der Waals surface area contributed by atoms with Crippen molar-refractivity contribution in [2.45, 2.75) is 47.0 Å². The molecule has 2 nitrogen and oxygen atoms in total. The topological polar surface area (TPSA) is 37.3 Å². The number of hydrogen-bond acceptors (Lipinski definition) is 1. The van der Waals surface area contributed by atoms with E-state index in [2.05, 4.69) is 27.7 Å². The highest BCUT2D eigenvalue weighted by molar-refractivity contribution is 5.70. The van der Waals surface area contributed by atoms with Crippen molar-refractivity contribution in [1.29, 1.82) is 0 Å². The number of hydrogen-bond donors (Lipinski definition) is 1. The predicted molar refractivity (Wildman–Crippen MR) is 52.5 cm³/mol. The molecular weight excluding hydrogens is 164 g/mol. The van der Waals surface area contributed by atoms with E-state index in [1.807, 2.05) is 0 Å². The van der Waals surface area contributed by atoms with Crippen LogP contribution in [0.1, 0.15) is 47.0 Å². The molecule has 0 aliphatic heterocycles. The molecule has 1 rings (SSSR count). The molecule has 0 heterocycles. The van der Waals surface area contributed by atoms with Crippen molar-refractivity contribution in [2.24, 2.45) is 16.7 Å². The van der Waals surface area contributed by atoms with E-state index in [1.165, 1.54) is 0 Å². The van der Waals surface area contributed by atoms with Crippen LogP contribution in [0.15, 0.2) is 0 Å². The number of carboxylic acids is 1. The second-order valence-corrected chi connectivity index (χ2v) is 5.95. The van der Waals surface area contributed by atoms with Gasteiger partial charge in [0, 0.05) is 0 Å². The van der Waals surface area contributed by atoms with Crippen LogP contribution in [0.2, 0.25) is 0 Å². The van der Waals surface area contributed by atoms with Crippen LogP contribution in [-0.2, 0) is 4.79 Å². The predicted octanol–water partition coefficient (Wildman–Crippen LogP) is 2.92. The van der Waals surface area contributed by atoms with Crippen LogP contribution < -0.4 is 0 Å². The third-order valence-electron chi connectivity index (χ3n) is 2.90. The van der Waals surface area contributed by atoms with Crippen LogP contribution in [0.3, 0.4) is 0 Å². The van der Waals surface area contributed by atoms with Gasteiger partial charge in [-0.15, -0.1) is 0 Å². The van der Waals surface area contributed by atoms with Crippen molar-refractivity contribution < 1.29 is 9.90 Å². The molecule has 1 N–H and O–H groups in total. The Labute approximate surface area is 80.3 Å². The molecule has 0 aromatic heterocycles. The zero-order valence-electron chi connectivity index (χ0n) is 9.05. The lowest BCUT2D eigenvalue weighted by molar-refractivity contribution is -0.146. The van der Waals surface area contributed by atoms with Gasteiger partial charge < -0.3 is 5.11 Å². The molecule has 1 saturated carbocycles. The fraction of sp³-hybridized carbons (Fsp3) is 0.909. The fourth-order valence-corrected chi connectivity index (χ4v) is 3.02. The molecule has 1 aliphatic carbocycles. The van der Waals surface area contributed by atoms with E-state index in [9.17, 15) is 4.79 Å². The van der Waals surface area contributed by atoms with E-state index in [4.69, 9.17) is 5.11 Å². The first kappa shape index (κ1) is 10.6. The van der Waals surface area contributed by atoms with E-state index in [0.29, 0.717) is 0 Å². The van der Waals surface area contributed by atoms with Crippen LogP contribution in [0.25, 0.3) is 0 Å². The standard InChI is InChI=1S/C11H20O2/c1-10(2)5-8(9(12)13)6-11(3,4)7-10/h8H,5-7H2,1-4H3,(H,12,13). The third-order valence-corrected chi connectivity index (χ3v) is 2.90.